The van der Waals surface area contributed by atoms with Gasteiger partial charge in [-0.2, -0.15) is 0 Å². The third-order valence-corrected chi connectivity index (χ3v) is 3.32. The zero-order valence-corrected chi connectivity index (χ0v) is 10.7. The Bertz CT molecular complexity index is 420. The molecular weight excluding hydrogens is 238 g/mol. The summed E-state index contributed by atoms with van der Waals surface area (Å²) in [7, 11) is 1.75. The van der Waals surface area contributed by atoms with Gasteiger partial charge >= 0.3 is 5.97 Å². The highest BCUT2D eigenvalue weighted by atomic mass is 32.2. The highest BCUT2D eigenvalue weighted by Gasteiger charge is 2.08. The van der Waals surface area contributed by atoms with E-state index in [4.69, 9.17) is 5.11 Å². The van der Waals surface area contributed by atoms with E-state index in [1.165, 1.54) is 17.8 Å². The Morgan fingerprint density at radius 3 is 2.71 bits per heavy atom. The first-order valence-corrected chi connectivity index (χ1v) is 6.23. The molecule has 1 N–H and O–H groups in total. The van der Waals surface area contributed by atoms with Crippen LogP contribution in [0.25, 0.3) is 0 Å². The lowest BCUT2D eigenvalue weighted by atomic mass is 10.2. The van der Waals surface area contributed by atoms with Gasteiger partial charge in [0.1, 0.15) is 0 Å². The number of hydrogen-bond acceptors (Lipinski definition) is 3. The molecule has 0 aliphatic heterocycles. The van der Waals surface area contributed by atoms with Crippen molar-refractivity contribution in [3.8, 4) is 0 Å². The second-order valence-corrected chi connectivity index (χ2v) is 4.58. The molecule has 0 bridgehead atoms. The first-order chi connectivity index (χ1) is 8.04. The van der Waals surface area contributed by atoms with Crippen molar-refractivity contribution in [3.63, 3.8) is 0 Å². The highest BCUT2D eigenvalue weighted by molar-refractivity contribution is 8.00. The van der Waals surface area contributed by atoms with E-state index in [0.29, 0.717) is 12.3 Å². The minimum Gasteiger partial charge on any atom is -0.478 e. The Kier molecular flexibility index (Phi) is 5.03. The first-order valence-electron chi connectivity index (χ1n) is 5.24. The lowest BCUT2D eigenvalue weighted by Crippen LogP contribution is -2.27. The summed E-state index contributed by atoms with van der Waals surface area (Å²) in [4.78, 5) is 24.7. The van der Waals surface area contributed by atoms with Crippen LogP contribution in [0.5, 0.6) is 0 Å². The fourth-order valence-corrected chi connectivity index (χ4v) is 2.05. The van der Waals surface area contributed by atoms with Crippen molar-refractivity contribution in [3.05, 3.63) is 29.8 Å². The number of carbonyl (C=O) groups is 2. The lowest BCUT2D eigenvalue weighted by Gasteiger charge is -2.13. The van der Waals surface area contributed by atoms with Crippen LogP contribution < -0.4 is 0 Å². The van der Waals surface area contributed by atoms with E-state index in [1.807, 2.05) is 6.92 Å². The van der Waals surface area contributed by atoms with Crippen LogP contribution in [-0.2, 0) is 4.79 Å². The third kappa shape index (κ3) is 4.11. The molecule has 0 saturated carbocycles. The smallest absolute Gasteiger partial charge is 0.335 e. The fraction of sp³-hybridized carbons (Fsp3) is 0.333. The standard InChI is InChI=1S/C12H15NO3S/c1-3-13(2)11(14)8-17-10-6-4-5-9(7-10)12(15)16/h4-7H,3,8H2,1-2H3,(H,15,16). The van der Waals surface area contributed by atoms with Crippen LogP contribution in [0.15, 0.2) is 29.2 Å². The Morgan fingerprint density at radius 1 is 1.41 bits per heavy atom. The van der Waals surface area contributed by atoms with Crippen molar-refractivity contribution in [2.75, 3.05) is 19.3 Å². The zero-order valence-electron chi connectivity index (χ0n) is 9.84. The number of amides is 1. The van der Waals surface area contributed by atoms with Crippen molar-refractivity contribution < 1.29 is 14.7 Å². The maximum absolute atomic E-state index is 11.6. The average molecular weight is 253 g/mol. The number of rotatable bonds is 5. The number of thioether (sulfide) groups is 1. The second kappa shape index (κ2) is 6.30. The predicted octanol–water partition coefficient (Wildman–Crippen LogP) is 1.96. The van der Waals surface area contributed by atoms with E-state index in [-0.39, 0.29) is 11.5 Å². The molecule has 0 spiro atoms. The third-order valence-electron chi connectivity index (χ3n) is 2.34. The Morgan fingerprint density at radius 2 is 2.12 bits per heavy atom. The molecule has 0 atom stereocenters. The quantitative estimate of drug-likeness (QED) is 0.815. The van der Waals surface area contributed by atoms with Gasteiger partial charge in [0.25, 0.3) is 0 Å². The molecule has 0 unspecified atom stereocenters. The topological polar surface area (TPSA) is 57.6 Å². The summed E-state index contributed by atoms with van der Waals surface area (Å²) in [5, 5.41) is 8.83. The Hall–Kier alpha value is -1.49. The molecule has 0 fully saturated rings. The van der Waals surface area contributed by atoms with Gasteiger partial charge in [0, 0.05) is 18.5 Å². The predicted molar refractivity (Wildman–Crippen MR) is 67.4 cm³/mol. The number of nitrogens with zero attached hydrogens (tertiary/aromatic N) is 1. The van der Waals surface area contributed by atoms with Gasteiger partial charge in [-0.1, -0.05) is 6.07 Å². The van der Waals surface area contributed by atoms with Crippen LogP contribution >= 0.6 is 11.8 Å². The van der Waals surface area contributed by atoms with E-state index in [1.54, 1.807) is 30.1 Å². The molecule has 4 nitrogen and oxygen atoms in total. The maximum Gasteiger partial charge on any atom is 0.335 e. The van der Waals surface area contributed by atoms with Gasteiger partial charge in [-0.25, -0.2) is 4.79 Å². The van der Waals surface area contributed by atoms with E-state index in [9.17, 15) is 9.59 Å². The van der Waals surface area contributed by atoms with Crippen LogP contribution in [0.1, 0.15) is 17.3 Å². The fourth-order valence-electron chi connectivity index (χ4n) is 1.15. The van der Waals surface area contributed by atoms with Gasteiger partial charge < -0.3 is 10.0 Å². The molecule has 0 radical (unpaired) electrons. The number of carboxylic acid groups (broad SMARTS) is 1. The first kappa shape index (κ1) is 13.6. The highest BCUT2D eigenvalue weighted by Crippen LogP contribution is 2.19. The molecular formula is C12H15NO3S. The molecule has 1 rings (SSSR count). The molecule has 5 heteroatoms. The van der Waals surface area contributed by atoms with Crippen LogP contribution in [0.4, 0.5) is 0 Å². The molecule has 0 aliphatic carbocycles. The summed E-state index contributed by atoms with van der Waals surface area (Å²) >= 11 is 1.35. The lowest BCUT2D eigenvalue weighted by molar-refractivity contribution is -0.126. The van der Waals surface area contributed by atoms with Crippen molar-refractivity contribution >= 4 is 23.6 Å². The van der Waals surface area contributed by atoms with Gasteiger partial charge in [-0.15, -0.1) is 11.8 Å². The summed E-state index contributed by atoms with van der Waals surface area (Å²) in [6.07, 6.45) is 0. The number of benzene rings is 1. The minimum absolute atomic E-state index is 0.0400. The largest absolute Gasteiger partial charge is 0.478 e. The molecule has 0 aliphatic rings. The number of hydrogen-bond donors (Lipinski definition) is 1. The van der Waals surface area contributed by atoms with Crippen molar-refractivity contribution in [2.24, 2.45) is 0 Å². The van der Waals surface area contributed by atoms with Crippen LogP contribution in [0.2, 0.25) is 0 Å². The number of carboxylic acids is 1. The molecule has 1 amide bonds. The molecule has 92 valence electrons. The summed E-state index contributed by atoms with van der Waals surface area (Å²) < 4.78 is 0. The van der Waals surface area contributed by atoms with Crippen LogP contribution in [-0.4, -0.2) is 41.2 Å². The van der Waals surface area contributed by atoms with E-state index >= 15 is 0 Å². The van der Waals surface area contributed by atoms with E-state index in [2.05, 4.69) is 0 Å². The molecule has 0 saturated heterocycles. The van der Waals surface area contributed by atoms with E-state index in [0.717, 1.165) is 4.90 Å². The SMILES string of the molecule is CCN(C)C(=O)CSc1cccc(C(=O)O)c1. The average Bonchev–Trinajstić information content (AvgIpc) is 2.35. The molecule has 1 aromatic carbocycles. The minimum atomic E-state index is -0.954. The van der Waals surface area contributed by atoms with Crippen molar-refractivity contribution in [2.45, 2.75) is 11.8 Å². The monoisotopic (exact) mass is 253 g/mol. The summed E-state index contributed by atoms with van der Waals surface area (Å²) in [6, 6.07) is 6.59. The van der Waals surface area contributed by atoms with Gasteiger partial charge in [0.15, 0.2) is 0 Å². The normalized spacial score (nSPS) is 10.0. The van der Waals surface area contributed by atoms with E-state index < -0.39 is 5.97 Å². The number of carbonyl (C=O) groups excluding carboxylic acids is 1. The molecule has 0 heterocycles. The second-order valence-electron chi connectivity index (χ2n) is 3.53. The molecule has 0 aromatic heterocycles. The Labute approximate surface area is 105 Å². The summed E-state index contributed by atoms with van der Waals surface area (Å²) in [5.41, 5.74) is 0.242. The van der Waals surface area contributed by atoms with Gasteiger partial charge in [0.2, 0.25) is 5.91 Å². The van der Waals surface area contributed by atoms with Crippen molar-refractivity contribution in [1.82, 2.24) is 4.90 Å². The maximum atomic E-state index is 11.6. The van der Waals surface area contributed by atoms with Crippen LogP contribution in [0, 0.1) is 0 Å². The zero-order chi connectivity index (χ0) is 12.8. The Balaban J connectivity index is 2.60. The number of aromatic carboxylic acids is 1. The van der Waals surface area contributed by atoms with Crippen LogP contribution in [0.3, 0.4) is 0 Å². The van der Waals surface area contributed by atoms with Crippen molar-refractivity contribution in [1.29, 1.82) is 0 Å². The summed E-state index contributed by atoms with van der Waals surface area (Å²) in [5.74, 6) is -0.587. The molecule has 1 aromatic rings. The van der Waals surface area contributed by atoms with Gasteiger partial charge in [0.05, 0.1) is 11.3 Å². The van der Waals surface area contributed by atoms with Gasteiger partial charge in [-0.05, 0) is 25.1 Å². The summed E-state index contributed by atoms with van der Waals surface area (Å²) in [6.45, 7) is 2.59. The van der Waals surface area contributed by atoms with Gasteiger partial charge in [-0.3, -0.25) is 4.79 Å². The molecule has 17 heavy (non-hydrogen) atoms.